The Kier molecular flexibility index (Phi) is 3.44. The summed E-state index contributed by atoms with van der Waals surface area (Å²) in [7, 11) is 0. The highest BCUT2D eigenvalue weighted by atomic mass is 16.2. The van der Waals surface area contributed by atoms with E-state index in [2.05, 4.69) is 10.4 Å². The van der Waals surface area contributed by atoms with Gasteiger partial charge in [-0.3, -0.25) is 0 Å². The van der Waals surface area contributed by atoms with Crippen LogP contribution in [0.2, 0.25) is 0 Å². The number of nitrogens with two attached hydrogens (primary N) is 1. The summed E-state index contributed by atoms with van der Waals surface area (Å²) in [5, 5.41) is 7.87. The molecule has 0 radical (unpaired) electrons. The Morgan fingerprint density at radius 3 is 2.74 bits per heavy atom. The predicted octanol–water partition coefficient (Wildman–Crippen LogP) is 2.61. The summed E-state index contributed by atoms with van der Waals surface area (Å²) in [6.07, 6.45) is 9.58. The van der Waals surface area contributed by atoms with Gasteiger partial charge in [-0.2, -0.15) is 9.78 Å². The molecule has 19 heavy (non-hydrogen) atoms. The minimum absolute atomic E-state index is 0.479. The highest BCUT2D eigenvalue weighted by Gasteiger charge is 2.27. The van der Waals surface area contributed by atoms with Crippen molar-refractivity contribution in [1.82, 2.24) is 9.78 Å². The molecule has 1 amide bonds. The molecule has 0 unspecified atom stereocenters. The molecule has 1 aliphatic carbocycles. The van der Waals surface area contributed by atoms with Crippen LogP contribution in [0.4, 0.5) is 10.6 Å². The summed E-state index contributed by atoms with van der Waals surface area (Å²) in [5.41, 5.74) is 7.82. The number of fused-ring (bicyclic) bond motifs is 1. The van der Waals surface area contributed by atoms with Gasteiger partial charge in [0.1, 0.15) is 5.82 Å². The Morgan fingerprint density at radius 2 is 2.00 bits per heavy atom. The number of aromatic nitrogens is 2. The third-order valence-electron chi connectivity index (χ3n) is 4.36. The lowest BCUT2D eigenvalue weighted by Gasteiger charge is -2.20. The van der Waals surface area contributed by atoms with Gasteiger partial charge in [0.05, 0.1) is 5.69 Å². The van der Waals surface area contributed by atoms with Crippen molar-refractivity contribution in [3.8, 4) is 0 Å². The number of hydrogen-bond donors (Lipinski definition) is 2. The van der Waals surface area contributed by atoms with Crippen molar-refractivity contribution < 1.29 is 4.79 Å². The van der Waals surface area contributed by atoms with Crippen LogP contribution in [-0.2, 0) is 6.42 Å². The van der Waals surface area contributed by atoms with Crippen LogP contribution in [0.1, 0.15) is 62.1 Å². The molecule has 1 aromatic heterocycles. The van der Waals surface area contributed by atoms with Gasteiger partial charge in [0.25, 0.3) is 0 Å². The Bertz CT molecular complexity index is 474. The average Bonchev–Trinajstić information content (AvgIpc) is 2.62. The molecule has 5 nitrogen and oxygen atoms in total. The Hall–Kier alpha value is -1.52. The lowest BCUT2D eigenvalue weighted by molar-refractivity contribution is 0.248. The smallest absolute Gasteiger partial charge is 0.341 e. The molecular formula is C14H22N4O. The second-order valence-electron chi connectivity index (χ2n) is 5.68. The second kappa shape index (κ2) is 5.23. The highest BCUT2D eigenvalue weighted by Crippen LogP contribution is 2.37. The molecule has 0 aromatic carbocycles. The molecule has 104 valence electrons. The van der Waals surface area contributed by atoms with E-state index < -0.39 is 6.03 Å². The predicted molar refractivity (Wildman–Crippen MR) is 74.5 cm³/mol. The van der Waals surface area contributed by atoms with Gasteiger partial charge in [-0.15, -0.1) is 0 Å². The number of hydrogen-bond acceptors (Lipinski definition) is 3. The number of carbonyl (C=O) groups excluding carboxylic acids is 1. The fraction of sp³-hybridized carbons (Fsp3) is 0.714. The van der Waals surface area contributed by atoms with E-state index in [1.54, 1.807) is 0 Å². The fourth-order valence-electron chi connectivity index (χ4n) is 3.39. The van der Waals surface area contributed by atoms with Gasteiger partial charge < -0.3 is 11.1 Å². The van der Waals surface area contributed by atoms with Crippen LogP contribution < -0.4 is 11.1 Å². The van der Waals surface area contributed by atoms with Crippen LogP contribution in [0.15, 0.2) is 0 Å². The molecular weight excluding hydrogens is 240 g/mol. The van der Waals surface area contributed by atoms with Crippen LogP contribution in [0.3, 0.4) is 0 Å². The van der Waals surface area contributed by atoms with Gasteiger partial charge >= 0.3 is 6.03 Å². The quantitative estimate of drug-likeness (QED) is 0.817. The van der Waals surface area contributed by atoms with Crippen LogP contribution in [0.25, 0.3) is 0 Å². The molecule has 3 rings (SSSR count). The van der Waals surface area contributed by atoms with E-state index in [1.165, 1.54) is 42.3 Å². The van der Waals surface area contributed by atoms with Gasteiger partial charge in [0.2, 0.25) is 0 Å². The molecule has 2 heterocycles. The number of nitrogens with one attached hydrogen (secondary N) is 1. The summed E-state index contributed by atoms with van der Waals surface area (Å²) >= 11 is 0. The molecule has 1 aliphatic heterocycles. The van der Waals surface area contributed by atoms with Gasteiger partial charge in [-0.05, 0) is 32.1 Å². The van der Waals surface area contributed by atoms with E-state index >= 15 is 0 Å². The van der Waals surface area contributed by atoms with Crippen molar-refractivity contribution in [2.24, 2.45) is 5.73 Å². The number of primary amides is 1. The zero-order valence-corrected chi connectivity index (χ0v) is 11.3. The van der Waals surface area contributed by atoms with Crippen molar-refractivity contribution in [2.75, 3.05) is 11.9 Å². The summed E-state index contributed by atoms with van der Waals surface area (Å²) in [4.78, 5) is 11.6. The van der Waals surface area contributed by atoms with Crippen molar-refractivity contribution in [1.29, 1.82) is 0 Å². The molecule has 5 heteroatoms. The van der Waals surface area contributed by atoms with E-state index in [4.69, 9.17) is 5.73 Å². The van der Waals surface area contributed by atoms with Crippen LogP contribution in [-0.4, -0.2) is 22.4 Å². The molecule has 2 aliphatic rings. The van der Waals surface area contributed by atoms with Crippen LogP contribution >= 0.6 is 0 Å². The van der Waals surface area contributed by atoms with Gasteiger partial charge in [0.15, 0.2) is 0 Å². The Morgan fingerprint density at radius 1 is 1.21 bits per heavy atom. The van der Waals surface area contributed by atoms with Crippen LogP contribution in [0.5, 0.6) is 0 Å². The summed E-state index contributed by atoms with van der Waals surface area (Å²) in [6, 6.07) is -0.479. The van der Waals surface area contributed by atoms with E-state index in [9.17, 15) is 4.79 Å². The standard InChI is InChI=1S/C14H22N4O/c15-14(19)18-13-11(8-4-5-9-16-13)12(17-18)10-6-2-1-3-7-10/h10,16H,1-9H2,(H2,15,19). The molecule has 1 saturated carbocycles. The average molecular weight is 262 g/mol. The SMILES string of the molecule is NC(=O)n1nc(C2CCCCC2)c2c1NCCCC2. The number of anilines is 1. The third kappa shape index (κ3) is 2.33. The van der Waals surface area contributed by atoms with Crippen molar-refractivity contribution >= 4 is 11.8 Å². The number of nitrogens with zero attached hydrogens (tertiary/aromatic N) is 2. The van der Waals surface area contributed by atoms with Crippen molar-refractivity contribution in [3.05, 3.63) is 11.3 Å². The first-order valence-electron chi connectivity index (χ1n) is 7.43. The van der Waals surface area contributed by atoms with Crippen molar-refractivity contribution in [2.45, 2.75) is 57.3 Å². The number of rotatable bonds is 1. The van der Waals surface area contributed by atoms with Crippen molar-refractivity contribution in [3.63, 3.8) is 0 Å². The third-order valence-corrected chi connectivity index (χ3v) is 4.36. The lowest BCUT2D eigenvalue weighted by atomic mass is 9.85. The van der Waals surface area contributed by atoms with Gasteiger partial charge in [-0.1, -0.05) is 19.3 Å². The second-order valence-corrected chi connectivity index (χ2v) is 5.68. The number of carbonyl (C=O) groups is 1. The van der Waals surface area contributed by atoms with Crippen LogP contribution in [0, 0.1) is 0 Å². The highest BCUT2D eigenvalue weighted by molar-refractivity contribution is 5.79. The maximum atomic E-state index is 11.6. The Labute approximate surface area is 113 Å². The topological polar surface area (TPSA) is 72.9 Å². The number of amides is 1. The summed E-state index contributed by atoms with van der Waals surface area (Å²) < 4.78 is 1.38. The molecule has 0 saturated heterocycles. The van der Waals surface area contributed by atoms with E-state index in [0.717, 1.165) is 37.3 Å². The molecule has 1 fully saturated rings. The van der Waals surface area contributed by atoms with E-state index in [0.29, 0.717) is 5.92 Å². The zero-order valence-electron chi connectivity index (χ0n) is 11.3. The molecule has 0 atom stereocenters. The lowest BCUT2D eigenvalue weighted by Crippen LogP contribution is -2.23. The first-order chi connectivity index (χ1) is 9.27. The van der Waals surface area contributed by atoms with Gasteiger partial charge in [0, 0.05) is 18.0 Å². The van der Waals surface area contributed by atoms with Gasteiger partial charge in [-0.25, -0.2) is 4.79 Å². The molecule has 0 spiro atoms. The Balaban J connectivity index is 2.00. The zero-order chi connectivity index (χ0) is 13.2. The first kappa shape index (κ1) is 12.5. The fourth-order valence-corrected chi connectivity index (χ4v) is 3.39. The van der Waals surface area contributed by atoms with E-state index in [-0.39, 0.29) is 0 Å². The largest absolute Gasteiger partial charge is 0.370 e. The molecule has 0 bridgehead atoms. The summed E-state index contributed by atoms with van der Waals surface area (Å²) in [6.45, 7) is 0.899. The normalized spacial score (nSPS) is 20.4. The first-order valence-corrected chi connectivity index (χ1v) is 7.43. The maximum Gasteiger partial charge on any atom is 0.341 e. The summed E-state index contributed by atoms with van der Waals surface area (Å²) in [5.74, 6) is 1.37. The molecule has 3 N–H and O–H groups in total. The minimum atomic E-state index is -0.479. The van der Waals surface area contributed by atoms with E-state index in [1.807, 2.05) is 0 Å². The molecule has 1 aromatic rings. The minimum Gasteiger partial charge on any atom is -0.370 e. The monoisotopic (exact) mass is 262 g/mol. The maximum absolute atomic E-state index is 11.6.